The third kappa shape index (κ3) is 15.0. The molecule has 3 atom stereocenters. The lowest BCUT2D eigenvalue weighted by atomic mass is 10.2. The van der Waals surface area contributed by atoms with Crippen molar-refractivity contribution in [1.29, 1.82) is 0 Å². The van der Waals surface area contributed by atoms with Gasteiger partial charge in [-0.3, -0.25) is 0 Å². The summed E-state index contributed by atoms with van der Waals surface area (Å²) in [6.45, 7) is 2.42. The second-order valence-corrected chi connectivity index (χ2v) is 8.00. The van der Waals surface area contributed by atoms with Crippen molar-refractivity contribution in [2.45, 2.75) is 52.6 Å². The first-order valence-electron chi connectivity index (χ1n) is 12.3. The van der Waals surface area contributed by atoms with Crippen LogP contribution >= 0.6 is 0 Å². The molecule has 0 fully saturated rings. The fourth-order valence-electron chi connectivity index (χ4n) is 2.61. The highest BCUT2D eigenvalue weighted by Crippen LogP contribution is 2.03. The molecule has 3 unspecified atom stereocenters. The molecule has 0 heterocycles. The van der Waals surface area contributed by atoms with Gasteiger partial charge in [-0.15, -0.1) is 0 Å². The molecule has 226 valence electrons. The van der Waals surface area contributed by atoms with Crippen LogP contribution in [0.3, 0.4) is 0 Å². The molecule has 1 rings (SSSR count). The number of ether oxygens (including phenoxy) is 8. The van der Waals surface area contributed by atoms with Gasteiger partial charge in [0.25, 0.3) is 0 Å². The second kappa shape index (κ2) is 18.7. The maximum Gasteiger partial charge on any atom is 0.347 e. The number of carbonyl (C=O) groups excluding carboxylic acids is 7. The maximum absolute atomic E-state index is 12.0. The van der Waals surface area contributed by atoms with Crippen LogP contribution in [0.1, 0.15) is 33.3 Å². The Kier molecular flexibility index (Phi) is 15.7. The Morgan fingerprint density at radius 1 is 0.561 bits per heavy atom. The Labute approximate surface area is 235 Å². The second-order valence-electron chi connectivity index (χ2n) is 8.00. The number of hydrogen-bond donors (Lipinski definition) is 0. The highest BCUT2D eigenvalue weighted by Gasteiger charge is 2.25. The standard InChI is InChI=1S/C26H32O15/c1-5-35-20(27)13-36-24(31)17(3)40-22(29)15-38-26(33)18(4)41-23(30)14-37-25(32)16(2)39-21(28)12-34-11-19-9-7-6-8-10-19/h6-10,16-18H,5,11-15H2,1-4H3. The Bertz CT molecular complexity index is 1050. The van der Waals surface area contributed by atoms with Gasteiger partial charge in [0.2, 0.25) is 0 Å². The van der Waals surface area contributed by atoms with E-state index < -0.39 is 86.5 Å². The van der Waals surface area contributed by atoms with Crippen LogP contribution in [-0.2, 0) is 78.1 Å². The molecule has 0 aromatic heterocycles. The van der Waals surface area contributed by atoms with Crippen molar-refractivity contribution in [1.82, 2.24) is 0 Å². The summed E-state index contributed by atoms with van der Waals surface area (Å²) in [6.07, 6.45) is -4.27. The number of hydrogen-bond acceptors (Lipinski definition) is 15. The van der Waals surface area contributed by atoms with E-state index in [-0.39, 0.29) is 13.2 Å². The summed E-state index contributed by atoms with van der Waals surface area (Å²) >= 11 is 0. The molecular weight excluding hydrogens is 552 g/mol. The van der Waals surface area contributed by atoms with Crippen LogP contribution in [-0.4, -0.2) is 93.1 Å². The van der Waals surface area contributed by atoms with Crippen molar-refractivity contribution < 1.29 is 71.5 Å². The molecular formula is C26H32O15. The van der Waals surface area contributed by atoms with E-state index in [4.69, 9.17) is 23.7 Å². The van der Waals surface area contributed by atoms with Gasteiger partial charge in [-0.25, -0.2) is 33.6 Å². The predicted molar refractivity (Wildman–Crippen MR) is 132 cm³/mol. The summed E-state index contributed by atoms with van der Waals surface area (Å²) in [7, 11) is 0. The van der Waals surface area contributed by atoms with Crippen molar-refractivity contribution in [2.75, 3.05) is 33.0 Å². The lowest BCUT2D eigenvalue weighted by Crippen LogP contribution is -2.33. The number of esters is 7. The lowest BCUT2D eigenvalue weighted by Gasteiger charge is -2.15. The minimum atomic E-state index is -1.50. The van der Waals surface area contributed by atoms with Gasteiger partial charge in [0, 0.05) is 0 Å². The van der Waals surface area contributed by atoms with Crippen LogP contribution in [0.25, 0.3) is 0 Å². The van der Waals surface area contributed by atoms with Crippen LogP contribution in [0.2, 0.25) is 0 Å². The zero-order valence-corrected chi connectivity index (χ0v) is 23.0. The molecule has 41 heavy (non-hydrogen) atoms. The average molecular weight is 585 g/mol. The molecule has 0 radical (unpaired) electrons. The molecule has 0 aliphatic heterocycles. The van der Waals surface area contributed by atoms with Gasteiger partial charge in [-0.1, -0.05) is 30.3 Å². The van der Waals surface area contributed by atoms with E-state index >= 15 is 0 Å². The fraction of sp³-hybridized carbons (Fsp3) is 0.500. The van der Waals surface area contributed by atoms with E-state index in [1.165, 1.54) is 13.8 Å². The first kappa shape index (κ1) is 34.5. The topological polar surface area (TPSA) is 193 Å². The van der Waals surface area contributed by atoms with E-state index in [0.717, 1.165) is 12.5 Å². The SMILES string of the molecule is CCOC(=O)COC(=O)C(C)OC(=O)COC(=O)C(C)OC(=O)COC(=O)C(C)OC(=O)COCc1ccccc1. The normalized spacial score (nSPS) is 12.5. The van der Waals surface area contributed by atoms with Crippen LogP contribution in [0.5, 0.6) is 0 Å². The first-order chi connectivity index (χ1) is 19.4. The predicted octanol–water partition coefficient (Wildman–Crippen LogP) is 0.191. The first-order valence-corrected chi connectivity index (χ1v) is 12.3. The highest BCUT2D eigenvalue weighted by atomic mass is 16.6. The monoisotopic (exact) mass is 584 g/mol. The van der Waals surface area contributed by atoms with E-state index in [0.29, 0.717) is 0 Å². The molecule has 0 saturated carbocycles. The maximum atomic E-state index is 12.0. The van der Waals surface area contributed by atoms with Crippen LogP contribution < -0.4 is 0 Å². The van der Waals surface area contributed by atoms with E-state index in [1.54, 1.807) is 19.1 Å². The zero-order valence-electron chi connectivity index (χ0n) is 23.0. The molecule has 0 saturated heterocycles. The smallest absolute Gasteiger partial charge is 0.347 e. The molecule has 15 nitrogen and oxygen atoms in total. The van der Waals surface area contributed by atoms with Crippen molar-refractivity contribution >= 4 is 41.8 Å². The van der Waals surface area contributed by atoms with Crippen molar-refractivity contribution in [3.05, 3.63) is 35.9 Å². The van der Waals surface area contributed by atoms with Gasteiger partial charge in [0.15, 0.2) is 38.1 Å². The summed E-state index contributed by atoms with van der Waals surface area (Å²) < 4.78 is 38.1. The van der Waals surface area contributed by atoms with Gasteiger partial charge in [-0.05, 0) is 33.3 Å². The van der Waals surface area contributed by atoms with Crippen LogP contribution in [0.15, 0.2) is 30.3 Å². The molecule has 0 aliphatic carbocycles. The minimum absolute atomic E-state index is 0.0912. The number of carbonyl (C=O) groups is 7. The van der Waals surface area contributed by atoms with Crippen molar-refractivity contribution in [3.63, 3.8) is 0 Å². The van der Waals surface area contributed by atoms with Gasteiger partial charge in [-0.2, -0.15) is 0 Å². The van der Waals surface area contributed by atoms with Gasteiger partial charge in [0.1, 0.15) is 6.61 Å². The minimum Gasteiger partial charge on any atom is -0.463 e. The Hall–Kier alpha value is -4.53. The molecule has 15 heteroatoms. The largest absolute Gasteiger partial charge is 0.463 e. The van der Waals surface area contributed by atoms with Gasteiger partial charge >= 0.3 is 41.8 Å². The summed E-state index contributed by atoms with van der Waals surface area (Å²) in [5, 5.41) is 0. The fourth-order valence-corrected chi connectivity index (χ4v) is 2.61. The third-order valence-electron chi connectivity index (χ3n) is 4.55. The van der Waals surface area contributed by atoms with Crippen LogP contribution in [0.4, 0.5) is 0 Å². The van der Waals surface area contributed by atoms with Crippen molar-refractivity contribution in [2.24, 2.45) is 0 Å². The quantitative estimate of drug-likeness (QED) is 0.178. The molecule has 1 aromatic carbocycles. The zero-order chi connectivity index (χ0) is 30.8. The van der Waals surface area contributed by atoms with E-state index in [1.807, 2.05) is 18.2 Å². The molecule has 0 bridgehead atoms. The molecule has 1 aromatic rings. The molecule has 0 aliphatic rings. The molecule has 0 N–H and O–H groups in total. The van der Waals surface area contributed by atoms with Gasteiger partial charge < -0.3 is 37.9 Å². The molecule has 0 spiro atoms. The van der Waals surface area contributed by atoms with Crippen molar-refractivity contribution in [3.8, 4) is 0 Å². The highest BCUT2D eigenvalue weighted by molar-refractivity contribution is 5.85. The van der Waals surface area contributed by atoms with Gasteiger partial charge in [0.05, 0.1) is 13.2 Å². The third-order valence-corrected chi connectivity index (χ3v) is 4.55. The van der Waals surface area contributed by atoms with Crippen LogP contribution in [0, 0.1) is 0 Å². The number of benzene rings is 1. The van der Waals surface area contributed by atoms with E-state index in [9.17, 15) is 33.6 Å². The Balaban J connectivity index is 2.27. The lowest BCUT2D eigenvalue weighted by molar-refractivity contribution is -0.180. The Morgan fingerprint density at radius 2 is 0.951 bits per heavy atom. The molecule has 0 amide bonds. The number of rotatable bonds is 17. The van der Waals surface area contributed by atoms with E-state index in [2.05, 4.69) is 14.2 Å². The Morgan fingerprint density at radius 3 is 1.37 bits per heavy atom. The summed E-state index contributed by atoms with van der Waals surface area (Å²) in [4.78, 5) is 82.3. The summed E-state index contributed by atoms with van der Waals surface area (Å²) in [5.74, 6) is -7.10. The summed E-state index contributed by atoms with van der Waals surface area (Å²) in [5.41, 5.74) is 0.838. The summed E-state index contributed by atoms with van der Waals surface area (Å²) in [6, 6.07) is 9.05. The average Bonchev–Trinajstić information content (AvgIpc) is 2.93.